The first-order valence-electron chi connectivity index (χ1n) is 6.04. The Hall–Kier alpha value is -0.0800. The van der Waals surface area contributed by atoms with E-state index in [4.69, 9.17) is 5.11 Å². The third kappa shape index (κ3) is 3.25. The molecular formula is C12H25NO. The van der Waals surface area contributed by atoms with Crippen molar-refractivity contribution in [1.29, 1.82) is 0 Å². The average molecular weight is 199 g/mol. The third-order valence-electron chi connectivity index (χ3n) is 3.78. The van der Waals surface area contributed by atoms with Gasteiger partial charge in [0.1, 0.15) is 0 Å². The fraction of sp³-hybridized carbons (Fsp3) is 1.00. The number of rotatable bonds is 4. The summed E-state index contributed by atoms with van der Waals surface area (Å²) in [5.41, 5.74) is 0. The van der Waals surface area contributed by atoms with Crippen molar-refractivity contribution in [3.05, 3.63) is 0 Å². The smallest absolute Gasteiger partial charge is 0.0584 e. The van der Waals surface area contributed by atoms with Crippen molar-refractivity contribution in [3.63, 3.8) is 0 Å². The fourth-order valence-electron chi connectivity index (χ4n) is 2.33. The van der Waals surface area contributed by atoms with Gasteiger partial charge in [0.15, 0.2) is 0 Å². The Morgan fingerprint density at radius 2 is 2.00 bits per heavy atom. The van der Waals surface area contributed by atoms with Crippen molar-refractivity contribution in [3.8, 4) is 0 Å². The van der Waals surface area contributed by atoms with Gasteiger partial charge in [-0.25, -0.2) is 0 Å². The Labute approximate surface area is 88.1 Å². The largest absolute Gasteiger partial charge is 0.395 e. The number of aliphatic hydroxyl groups is 1. The molecule has 0 amide bonds. The second-order valence-corrected chi connectivity index (χ2v) is 4.92. The predicted molar refractivity (Wildman–Crippen MR) is 60.3 cm³/mol. The molecule has 0 radical (unpaired) electrons. The molecule has 1 aliphatic rings. The van der Waals surface area contributed by atoms with Crippen LogP contribution in [0.25, 0.3) is 0 Å². The van der Waals surface area contributed by atoms with Gasteiger partial charge in [0, 0.05) is 12.1 Å². The highest BCUT2D eigenvalue weighted by Gasteiger charge is 2.25. The molecule has 0 aromatic carbocycles. The monoisotopic (exact) mass is 199 g/mol. The van der Waals surface area contributed by atoms with E-state index >= 15 is 0 Å². The molecule has 0 saturated heterocycles. The van der Waals surface area contributed by atoms with Gasteiger partial charge in [-0.15, -0.1) is 0 Å². The Kier molecular flexibility index (Phi) is 4.90. The highest BCUT2D eigenvalue weighted by atomic mass is 16.3. The summed E-state index contributed by atoms with van der Waals surface area (Å²) < 4.78 is 0. The summed E-state index contributed by atoms with van der Waals surface area (Å²) >= 11 is 0. The van der Waals surface area contributed by atoms with Gasteiger partial charge in [0.25, 0.3) is 0 Å². The molecule has 0 aliphatic heterocycles. The van der Waals surface area contributed by atoms with E-state index in [1.807, 2.05) is 0 Å². The maximum atomic E-state index is 9.11. The molecule has 1 rings (SSSR count). The predicted octanol–water partition coefficient (Wildman–Crippen LogP) is 2.17. The average Bonchev–Trinajstić information content (AvgIpc) is 2.19. The van der Waals surface area contributed by atoms with Gasteiger partial charge >= 0.3 is 0 Å². The van der Waals surface area contributed by atoms with Gasteiger partial charge in [0.2, 0.25) is 0 Å². The summed E-state index contributed by atoms with van der Waals surface area (Å²) in [5.74, 6) is 1.71. The van der Waals surface area contributed by atoms with Crippen LogP contribution in [0.3, 0.4) is 0 Å². The molecule has 2 N–H and O–H groups in total. The van der Waals surface area contributed by atoms with Crippen molar-refractivity contribution >= 4 is 0 Å². The van der Waals surface area contributed by atoms with Crippen LogP contribution in [0.4, 0.5) is 0 Å². The van der Waals surface area contributed by atoms with Crippen LogP contribution < -0.4 is 5.32 Å². The minimum absolute atomic E-state index is 0.275. The number of hydrogen-bond donors (Lipinski definition) is 2. The normalized spacial score (nSPS) is 35.6. The van der Waals surface area contributed by atoms with Crippen LogP contribution in [0.5, 0.6) is 0 Å². The molecule has 1 aliphatic carbocycles. The zero-order chi connectivity index (χ0) is 10.6. The zero-order valence-electron chi connectivity index (χ0n) is 9.79. The Morgan fingerprint density at radius 3 is 2.50 bits per heavy atom. The SMILES string of the molecule is CC[C@@H](CO)N[C@@H]1CC[C@H](C)[C@H](C)C1. The van der Waals surface area contributed by atoms with E-state index in [0.29, 0.717) is 12.1 Å². The molecule has 0 aromatic heterocycles. The van der Waals surface area contributed by atoms with Crippen molar-refractivity contribution in [1.82, 2.24) is 5.32 Å². The second kappa shape index (κ2) is 5.72. The van der Waals surface area contributed by atoms with E-state index in [1.54, 1.807) is 0 Å². The fourth-order valence-corrected chi connectivity index (χ4v) is 2.33. The molecule has 14 heavy (non-hydrogen) atoms. The van der Waals surface area contributed by atoms with E-state index in [9.17, 15) is 0 Å². The summed E-state index contributed by atoms with van der Waals surface area (Å²) in [4.78, 5) is 0. The first-order valence-corrected chi connectivity index (χ1v) is 6.04. The van der Waals surface area contributed by atoms with Crippen LogP contribution >= 0.6 is 0 Å². The molecule has 1 fully saturated rings. The molecule has 0 bridgehead atoms. The highest BCUT2D eigenvalue weighted by Crippen LogP contribution is 2.29. The van der Waals surface area contributed by atoms with Gasteiger partial charge in [-0.1, -0.05) is 20.8 Å². The quantitative estimate of drug-likeness (QED) is 0.727. The molecule has 4 atom stereocenters. The van der Waals surface area contributed by atoms with E-state index < -0.39 is 0 Å². The number of hydrogen-bond acceptors (Lipinski definition) is 2. The lowest BCUT2D eigenvalue weighted by atomic mass is 9.79. The lowest BCUT2D eigenvalue weighted by Gasteiger charge is -2.34. The topological polar surface area (TPSA) is 32.3 Å². The Balaban J connectivity index is 2.32. The van der Waals surface area contributed by atoms with Crippen molar-refractivity contribution < 1.29 is 5.11 Å². The molecular weight excluding hydrogens is 174 g/mol. The molecule has 0 unspecified atom stereocenters. The Morgan fingerprint density at radius 1 is 1.29 bits per heavy atom. The van der Waals surface area contributed by atoms with Crippen LogP contribution in [0.15, 0.2) is 0 Å². The van der Waals surface area contributed by atoms with E-state index in [2.05, 4.69) is 26.1 Å². The van der Waals surface area contributed by atoms with Gasteiger partial charge in [-0.05, 0) is 37.5 Å². The maximum absolute atomic E-state index is 9.11. The minimum Gasteiger partial charge on any atom is -0.395 e. The highest BCUT2D eigenvalue weighted by molar-refractivity contribution is 4.82. The molecule has 1 saturated carbocycles. The lowest BCUT2D eigenvalue weighted by molar-refractivity contribution is 0.180. The van der Waals surface area contributed by atoms with Gasteiger partial charge in [-0.2, -0.15) is 0 Å². The zero-order valence-corrected chi connectivity index (χ0v) is 9.79. The molecule has 2 heteroatoms. The van der Waals surface area contributed by atoms with Gasteiger partial charge < -0.3 is 10.4 Å². The van der Waals surface area contributed by atoms with E-state index in [1.165, 1.54) is 19.3 Å². The second-order valence-electron chi connectivity index (χ2n) is 4.92. The van der Waals surface area contributed by atoms with Crippen LogP contribution in [0.2, 0.25) is 0 Å². The lowest BCUT2D eigenvalue weighted by Crippen LogP contribution is -2.43. The van der Waals surface area contributed by atoms with Crippen LogP contribution in [0, 0.1) is 11.8 Å². The van der Waals surface area contributed by atoms with Crippen LogP contribution in [0.1, 0.15) is 46.5 Å². The van der Waals surface area contributed by atoms with Crippen molar-refractivity contribution in [2.45, 2.75) is 58.5 Å². The summed E-state index contributed by atoms with van der Waals surface area (Å²) in [6.07, 6.45) is 4.91. The number of nitrogens with one attached hydrogen (secondary N) is 1. The third-order valence-corrected chi connectivity index (χ3v) is 3.78. The number of aliphatic hydroxyl groups excluding tert-OH is 1. The summed E-state index contributed by atoms with van der Waals surface area (Å²) in [6.45, 7) is 7.10. The van der Waals surface area contributed by atoms with E-state index in [0.717, 1.165) is 18.3 Å². The molecule has 0 spiro atoms. The molecule has 0 heterocycles. The van der Waals surface area contributed by atoms with Gasteiger partial charge in [0.05, 0.1) is 6.61 Å². The summed E-state index contributed by atoms with van der Waals surface area (Å²) in [5, 5.41) is 12.7. The molecule has 84 valence electrons. The maximum Gasteiger partial charge on any atom is 0.0584 e. The van der Waals surface area contributed by atoms with Crippen molar-refractivity contribution in [2.75, 3.05) is 6.61 Å². The summed E-state index contributed by atoms with van der Waals surface area (Å²) in [7, 11) is 0. The Bertz CT molecular complexity index is 156. The summed E-state index contributed by atoms with van der Waals surface area (Å²) in [6, 6.07) is 0.943. The van der Waals surface area contributed by atoms with E-state index in [-0.39, 0.29) is 6.61 Å². The van der Waals surface area contributed by atoms with Gasteiger partial charge in [-0.3, -0.25) is 0 Å². The standard InChI is InChI=1S/C12H25NO/c1-4-11(8-14)13-12-6-5-9(2)10(3)7-12/h9-14H,4-8H2,1-3H3/t9-,10+,11-,12+/m0/s1. The van der Waals surface area contributed by atoms with Crippen LogP contribution in [-0.4, -0.2) is 23.8 Å². The first kappa shape index (κ1) is 12.0. The molecule has 0 aromatic rings. The minimum atomic E-state index is 0.275. The first-order chi connectivity index (χ1) is 6.67. The molecule has 2 nitrogen and oxygen atoms in total. The van der Waals surface area contributed by atoms with Crippen LogP contribution in [-0.2, 0) is 0 Å². The van der Waals surface area contributed by atoms with Crippen molar-refractivity contribution in [2.24, 2.45) is 11.8 Å².